The van der Waals surface area contributed by atoms with Gasteiger partial charge in [0, 0.05) is 11.8 Å². The van der Waals surface area contributed by atoms with Crippen LogP contribution in [-0.4, -0.2) is 32.1 Å². The van der Waals surface area contributed by atoms with E-state index in [0.29, 0.717) is 12.2 Å². The van der Waals surface area contributed by atoms with Gasteiger partial charge in [-0.25, -0.2) is 4.79 Å². The number of benzene rings is 1. The van der Waals surface area contributed by atoms with Crippen molar-refractivity contribution in [2.45, 2.75) is 33.2 Å². The van der Waals surface area contributed by atoms with Crippen LogP contribution in [0.2, 0.25) is 0 Å². The third-order valence-corrected chi connectivity index (χ3v) is 3.05. The molecule has 1 aromatic rings. The maximum atomic E-state index is 12.1. The summed E-state index contributed by atoms with van der Waals surface area (Å²) in [6.07, 6.45) is 0.353. The number of amides is 1. The van der Waals surface area contributed by atoms with Crippen molar-refractivity contribution in [3.8, 4) is 5.75 Å². The Kier molecular flexibility index (Phi) is 5.76. The quantitative estimate of drug-likeness (QED) is 0.843. The number of carbonyl (C=O) groups excluding carboxylic acids is 2. The van der Waals surface area contributed by atoms with Crippen LogP contribution in [0.5, 0.6) is 5.75 Å². The van der Waals surface area contributed by atoms with Gasteiger partial charge in [-0.15, -0.1) is 0 Å². The van der Waals surface area contributed by atoms with Crippen LogP contribution in [-0.2, 0) is 20.7 Å². The minimum Gasteiger partial charge on any atom is -0.497 e. The Balaban J connectivity index is 2.88. The second-order valence-electron chi connectivity index (χ2n) is 5.85. The zero-order chi connectivity index (χ0) is 16.0. The Hall–Kier alpha value is -2.04. The molecule has 1 aromatic carbocycles. The first-order valence-corrected chi connectivity index (χ1v) is 6.79. The monoisotopic (exact) mass is 293 g/mol. The number of hydrogen-bond donors (Lipinski definition) is 1. The van der Waals surface area contributed by atoms with Crippen molar-refractivity contribution in [2.75, 3.05) is 14.2 Å². The molecule has 1 rings (SSSR count). The lowest BCUT2D eigenvalue weighted by atomic mass is 9.94. The van der Waals surface area contributed by atoms with Crippen LogP contribution in [0.4, 0.5) is 0 Å². The molecule has 0 saturated carbocycles. The van der Waals surface area contributed by atoms with Crippen LogP contribution in [0.15, 0.2) is 24.3 Å². The Morgan fingerprint density at radius 1 is 1.24 bits per heavy atom. The molecule has 0 unspecified atom stereocenters. The fourth-order valence-electron chi connectivity index (χ4n) is 1.75. The predicted molar refractivity (Wildman–Crippen MR) is 80.1 cm³/mol. The Bertz CT molecular complexity index is 505. The summed E-state index contributed by atoms with van der Waals surface area (Å²) in [6.45, 7) is 5.38. The maximum absolute atomic E-state index is 12.1. The van der Waals surface area contributed by atoms with E-state index in [4.69, 9.17) is 9.47 Å². The van der Waals surface area contributed by atoms with Gasteiger partial charge in [0.1, 0.15) is 11.8 Å². The van der Waals surface area contributed by atoms with E-state index < -0.39 is 17.4 Å². The third kappa shape index (κ3) is 5.10. The first kappa shape index (κ1) is 17.0. The highest BCUT2D eigenvalue weighted by atomic mass is 16.5. The SMILES string of the molecule is COC(=O)[C@@H](Cc1cccc(OC)c1)NC(=O)C(C)(C)C. The molecule has 0 radical (unpaired) electrons. The molecule has 116 valence electrons. The van der Waals surface area contributed by atoms with Gasteiger partial charge in [0.15, 0.2) is 0 Å². The molecule has 1 N–H and O–H groups in total. The summed E-state index contributed by atoms with van der Waals surface area (Å²) in [4.78, 5) is 23.9. The molecule has 0 saturated heterocycles. The van der Waals surface area contributed by atoms with Crippen molar-refractivity contribution < 1.29 is 19.1 Å². The molecule has 0 aliphatic heterocycles. The highest BCUT2D eigenvalue weighted by Gasteiger charge is 2.28. The molecule has 5 heteroatoms. The van der Waals surface area contributed by atoms with Crippen molar-refractivity contribution in [1.82, 2.24) is 5.32 Å². The van der Waals surface area contributed by atoms with Gasteiger partial charge in [0.2, 0.25) is 5.91 Å². The van der Waals surface area contributed by atoms with E-state index in [0.717, 1.165) is 5.56 Å². The van der Waals surface area contributed by atoms with Gasteiger partial charge in [-0.3, -0.25) is 4.79 Å². The molecule has 0 aliphatic carbocycles. The molecule has 1 amide bonds. The molecule has 0 aliphatic rings. The molecule has 5 nitrogen and oxygen atoms in total. The Morgan fingerprint density at radius 2 is 1.90 bits per heavy atom. The van der Waals surface area contributed by atoms with Gasteiger partial charge in [0.25, 0.3) is 0 Å². The molecule has 21 heavy (non-hydrogen) atoms. The third-order valence-electron chi connectivity index (χ3n) is 3.05. The van der Waals surface area contributed by atoms with Crippen LogP contribution in [0.3, 0.4) is 0 Å². The highest BCUT2D eigenvalue weighted by Crippen LogP contribution is 2.16. The van der Waals surface area contributed by atoms with E-state index in [9.17, 15) is 9.59 Å². The predicted octanol–water partition coefficient (Wildman–Crippen LogP) is 1.94. The van der Waals surface area contributed by atoms with E-state index >= 15 is 0 Å². The lowest BCUT2D eigenvalue weighted by molar-refractivity contribution is -0.146. The summed E-state index contributed by atoms with van der Waals surface area (Å²) in [7, 11) is 2.89. The van der Waals surface area contributed by atoms with Gasteiger partial charge in [0.05, 0.1) is 14.2 Å². The van der Waals surface area contributed by atoms with Gasteiger partial charge < -0.3 is 14.8 Å². The number of rotatable bonds is 5. The zero-order valence-corrected chi connectivity index (χ0v) is 13.2. The van der Waals surface area contributed by atoms with E-state index in [2.05, 4.69) is 5.32 Å². The highest BCUT2D eigenvalue weighted by molar-refractivity contribution is 5.87. The van der Waals surface area contributed by atoms with E-state index in [1.54, 1.807) is 27.9 Å². The van der Waals surface area contributed by atoms with Crippen molar-refractivity contribution in [3.05, 3.63) is 29.8 Å². The molecule has 0 fully saturated rings. The van der Waals surface area contributed by atoms with E-state index in [1.807, 2.05) is 24.3 Å². The van der Waals surface area contributed by atoms with E-state index in [-0.39, 0.29) is 5.91 Å². The minimum atomic E-state index is -0.714. The van der Waals surface area contributed by atoms with Crippen LogP contribution in [0.25, 0.3) is 0 Å². The lowest BCUT2D eigenvalue weighted by Crippen LogP contribution is -2.47. The number of methoxy groups -OCH3 is 2. The van der Waals surface area contributed by atoms with Crippen LogP contribution in [0, 0.1) is 5.41 Å². The number of esters is 1. The molecular formula is C16H23NO4. The average Bonchev–Trinajstić information content (AvgIpc) is 2.44. The van der Waals surface area contributed by atoms with Gasteiger partial charge in [-0.2, -0.15) is 0 Å². The number of hydrogen-bond acceptors (Lipinski definition) is 4. The summed E-state index contributed by atoms with van der Waals surface area (Å²) in [5, 5.41) is 2.74. The maximum Gasteiger partial charge on any atom is 0.328 e. The van der Waals surface area contributed by atoms with Gasteiger partial charge in [-0.1, -0.05) is 32.9 Å². The summed E-state index contributed by atoms with van der Waals surface area (Å²) >= 11 is 0. The summed E-state index contributed by atoms with van der Waals surface area (Å²) in [5.74, 6) is 0.0504. The van der Waals surface area contributed by atoms with Gasteiger partial charge in [-0.05, 0) is 17.7 Å². The molecule has 0 heterocycles. The second-order valence-corrected chi connectivity index (χ2v) is 5.85. The Morgan fingerprint density at radius 3 is 2.43 bits per heavy atom. The van der Waals surface area contributed by atoms with Gasteiger partial charge >= 0.3 is 5.97 Å². The van der Waals surface area contributed by atoms with E-state index in [1.165, 1.54) is 7.11 Å². The van der Waals surface area contributed by atoms with Crippen molar-refractivity contribution in [3.63, 3.8) is 0 Å². The molecule has 0 bridgehead atoms. The van der Waals surface area contributed by atoms with Crippen molar-refractivity contribution >= 4 is 11.9 Å². The zero-order valence-electron chi connectivity index (χ0n) is 13.2. The molecule has 0 aromatic heterocycles. The fraction of sp³-hybridized carbons (Fsp3) is 0.500. The number of carbonyl (C=O) groups is 2. The summed E-state index contributed by atoms with van der Waals surface area (Å²) < 4.78 is 9.92. The first-order valence-electron chi connectivity index (χ1n) is 6.79. The van der Waals surface area contributed by atoms with Crippen molar-refractivity contribution in [1.29, 1.82) is 0 Å². The summed E-state index contributed by atoms with van der Waals surface area (Å²) in [5.41, 5.74) is 0.319. The average molecular weight is 293 g/mol. The normalized spacial score (nSPS) is 12.4. The molecule has 0 spiro atoms. The first-order chi connectivity index (χ1) is 9.77. The fourth-order valence-corrected chi connectivity index (χ4v) is 1.75. The van der Waals surface area contributed by atoms with Crippen LogP contribution in [0.1, 0.15) is 26.3 Å². The van der Waals surface area contributed by atoms with Crippen molar-refractivity contribution in [2.24, 2.45) is 5.41 Å². The number of nitrogens with one attached hydrogen (secondary N) is 1. The van der Waals surface area contributed by atoms with Crippen LogP contribution >= 0.6 is 0 Å². The second kappa shape index (κ2) is 7.11. The standard InChI is InChI=1S/C16H23NO4/c1-16(2,3)15(19)17-13(14(18)21-5)10-11-7-6-8-12(9-11)20-4/h6-9,13H,10H2,1-5H3,(H,17,19)/t13-/m1/s1. The molecule has 1 atom stereocenters. The Labute approximate surface area is 125 Å². The largest absolute Gasteiger partial charge is 0.497 e. The van der Waals surface area contributed by atoms with Crippen LogP contribution < -0.4 is 10.1 Å². The minimum absolute atomic E-state index is 0.194. The number of ether oxygens (including phenoxy) is 2. The molecular weight excluding hydrogens is 270 g/mol. The topological polar surface area (TPSA) is 64.6 Å². The smallest absolute Gasteiger partial charge is 0.328 e. The lowest BCUT2D eigenvalue weighted by Gasteiger charge is -2.23. The summed E-state index contributed by atoms with van der Waals surface area (Å²) in [6, 6.07) is 6.66.